The van der Waals surface area contributed by atoms with Gasteiger partial charge in [0.2, 0.25) is 5.91 Å². The molecule has 0 aromatic rings. The van der Waals surface area contributed by atoms with Crippen molar-refractivity contribution >= 4 is 17.7 Å². The molecule has 5 heteroatoms. The quantitative estimate of drug-likeness (QED) is 0.577. The lowest BCUT2D eigenvalue weighted by molar-refractivity contribution is -0.225. The molecule has 4 nitrogen and oxygen atoms in total. The molecule has 2 aliphatic rings. The van der Waals surface area contributed by atoms with E-state index in [0.29, 0.717) is 6.54 Å². The van der Waals surface area contributed by atoms with Crippen LogP contribution < -0.4 is 11.1 Å². The summed E-state index contributed by atoms with van der Waals surface area (Å²) in [6.07, 6.45) is 3.99. The summed E-state index contributed by atoms with van der Waals surface area (Å²) in [4.78, 5) is 12.5. The minimum Gasteiger partial charge on any atom is -0.377 e. The maximum Gasteiger partial charge on any atom is 0.241 e. The third kappa shape index (κ3) is 2.40. The third-order valence-corrected chi connectivity index (χ3v) is 5.79. The molecule has 1 aliphatic heterocycles. The highest BCUT2D eigenvalue weighted by molar-refractivity contribution is 7.99. The van der Waals surface area contributed by atoms with Gasteiger partial charge in [0, 0.05) is 36.0 Å². The van der Waals surface area contributed by atoms with Gasteiger partial charge < -0.3 is 15.8 Å². The Kier molecular flexibility index (Phi) is 4.82. The number of carbonyl (C=O) groups is 1. The average Bonchev–Trinajstić information content (AvgIpc) is 2.45. The largest absolute Gasteiger partial charge is 0.377 e. The van der Waals surface area contributed by atoms with Crippen LogP contribution in [-0.2, 0) is 9.53 Å². The van der Waals surface area contributed by atoms with E-state index in [1.807, 2.05) is 19.9 Å². The lowest BCUT2D eigenvalue weighted by Crippen LogP contribution is -2.82. The predicted molar refractivity (Wildman–Crippen MR) is 83.7 cm³/mol. The van der Waals surface area contributed by atoms with Crippen LogP contribution in [0.25, 0.3) is 0 Å². The first-order chi connectivity index (χ1) is 9.46. The Morgan fingerprint density at radius 2 is 2.35 bits per heavy atom. The van der Waals surface area contributed by atoms with Gasteiger partial charge in [0.05, 0.1) is 6.10 Å². The molecule has 1 saturated heterocycles. The molecule has 2 rings (SSSR count). The van der Waals surface area contributed by atoms with Gasteiger partial charge in [-0.05, 0) is 12.8 Å². The number of fused-ring (bicyclic) bond motifs is 1. The second-order valence-electron chi connectivity index (χ2n) is 6.25. The summed E-state index contributed by atoms with van der Waals surface area (Å²) in [5.74, 6) is 1.94. The average molecular weight is 298 g/mol. The minimum absolute atomic E-state index is 0.0200. The third-order valence-electron chi connectivity index (χ3n) is 4.83. The van der Waals surface area contributed by atoms with Gasteiger partial charge in [0.15, 0.2) is 0 Å². The molecule has 0 aromatic carbocycles. The standard InChI is InChI=1S/C15H26N2O2S/c1-4-9-20-10-7-17-13(18)15(16)11-6-5-8-19-12(11)14(15,2)3/h4,11-12H,1,5-10,16H2,2-3H3,(H,17,18). The maximum absolute atomic E-state index is 12.5. The molecular weight excluding hydrogens is 272 g/mol. The van der Waals surface area contributed by atoms with Gasteiger partial charge in [-0.25, -0.2) is 0 Å². The summed E-state index contributed by atoms with van der Waals surface area (Å²) in [5, 5.41) is 3.00. The van der Waals surface area contributed by atoms with Crippen molar-refractivity contribution in [3.05, 3.63) is 12.7 Å². The molecule has 3 unspecified atom stereocenters. The number of rotatable bonds is 6. The Balaban J connectivity index is 1.92. The van der Waals surface area contributed by atoms with Crippen LogP contribution in [0.15, 0.2) is 12.7 Å². The van der Waals surface area contributed by atoms with E-state index in [1.165, 1.54) is 0 Å². The van der Waals surface area contributed by atoms with Gasteiger partial charge >= 0.3 is 0 Å². The molecule has 1 heterocycles. The molecule has 0 bridgehead atoms. The van der Waals surface area contributed by atoms with E-state index in [0.717, 1.165) is 31.0 Å². The summed E-state index contributed by atoms with van der Waals surface area (Å²) < 4.78 is 5.82. The van der Waals surface area contributed by atoms with Gasteiger partial charge in [-0.2, -0.15) is 11.8 Å². The topological polar surface area (TPSA) is 64.4 Å². The molecule has 3 atom stereocenters. The number of thioether (sulfide) groups is 1. The number of carbonyl (C=O) groups excluding carboxylic acids is 1. The summed E-state index contributed by atoms with van der Waals surface area (Å²) in [5.41, 5.74) is 5.42. The summed E-state index contributed by atoms with van der Waals surface area (Å²) in [7, 11) is 0. The highest BCUT2D eigenvalue weighted by Crippen LogP contribution is 2.57. The Hall–Kier alpha value is -0.520. The fourth-order valence-corrected chi connectivity index (χ4v) is 4.17. The van der Waals surface area contributed by atoms with Crippen LogP contribution in [0.3, 0.4) is 0 Å². The number of ether oxygens (including phenoxy) is 1. The zero-order valence-corrected chi connectivity index (χ0v) is 13.3. The Bertz CT molecular complexity index is 386. The van der Waals surface area contributed by atoms with Crippen molar-refractivity contribution in [1.29, 1.82) is 0 Å². The van der Waals surface area contributed by atoms with Crippen LogP contribution in [0.4, 0.5) is 0 Å². The van der Waals surface area contributed by atoms with Crippen molar-refractivity contribution in [3.63, 3.8) is 0 Å². The van der Waals surface area contributed by atoms with E-state index in [9.17, 15) is 4.79 Å². The lowest BCUT2D eigenvalue weighted by Gasteiger charge is -2.65. The highest BCUT2D eigenvalue weighted by Gasteiger charge is 2.70. The van der Waals surface area contributed by atoms with E-state index >= 15 is 0 Å². The van der Waals surface area contributed by atoms with Gasteiger partial charge in [-0.3, -0.25) is 4.79 Å². The lowest BCUT2D eigenvalue weighted by atomic mass is 9.46. The first-order valence-corrected chi connectivity index (χ1v) is 8.49. The van der Waals surface area contributed by atoms with Crippen LogP contribution in [0.1, 0.15) is 26.7 Å². The summed E-state index contributed by atoms with van der Waals surface area (Å²) >= 11 is 1.76. The van der Waals surface area contributed by atoms with E-state index in [1.54, 1.807) is 11.8 Å². The van der Waals surface area contributed by atoms with Gasteiger partial charge in [-0.15, -0.1) is 6.58 Å². The number of hydrogen-bond acceptors (Lipinski definition) is 4. The van der Waals surface area contributed by atoms with E-state index in [-0.39, 0.29) is 23.3 Å². The fourth-order valence-electron chi connectivity index (χ4n) is 3.59. The van der Waals surface area contributed by atoms with Crippen LogP contribution in [0.5, 0.6) is 0 Å². The second kappa shape index (κ2) is 6.08. The number of nitrogens with two attached hydrogens (primary N) is 1. The smallest absolute Gasteiger partial charge is 0.241 e. The molecule has 2 fully saturated rings. The normalized spacial score (nSPS) is 34.8. The highest BCUT2D eigenvalue weighted by atomic mass is 32.2. The van der Waals surface area contributed by atoms with Crippen molar-refractivity contribution in [2.75, 3.05) is 24.7 Å². The second-order valence-corrected chi connectivity index (χ2v) is 7.40. The molecular formula is C15H26N2O2S. The van der Waals surface area contributed by atoms with Gasteiger partial charge in [-0.1, -0.05) is 19.9 Å². The Morgan fingerprint density at radius 3 is 3.05 bits per heavy atom. The predicted octanol–water partition coefficient (Wildman–Crippen LogP) is 1.55. The molecule has 0 spiro atoms. The van der Waals surface area contributed by atoms with Gasteiger partial charge in [0.1, 0.15) is 5.54 Å². The molecule has 0 radical (unpaired) electrons. The zero-order chi connectivity index (χ0) is 14.8. The van der Waals surface area contributed by atoms with Crippen molar-refractivity contribution in [2.24, 2.45) is 17.1 Å². The minimum atomic E-state index is -0.790. The van der Waals surface area contributed by atoms with Crippen LogP contribution in [0, 0.1) is 11.3 Å². The molecule has 1 amide bonds. The van der Waals surface area contributed by atoms with Crippen LogP contribution >= 0.6 is 11.8 Å². The SMILES string of the molecule is C=CCSCCNC(=O)C1(N)C2CCCOC2C1(C)C. The van der Waals surface area contributed by atoms with Crippen LogP contribution in [-0.4, -0.2) is 42.2 Å². The maximum atomic E-state index is 12.5. The molecule has 3 N–H and O–H groups in total. The number of nitrogens with one attached hydrogen (secondary N) is 1. The van der Waals surface area contributed by atoms with E-state index < -0.39 is 5.54 Å². The Morgan fingerprint density at radius 1 is 1.60 bits per heavy atom. The van der Waals surface area contributed by atoms with Crippen molar-refractivity contribution in [1.82, 2.24) is 5.32 Å². The summed E-state index contributed by atoms with van der Waals surface area (Å²) in [6, 6.07) is 0. The molecule has 1 saturated carbocycles. The first-order valence-electron chi connectivity index (χ1n) is 7.33. The fraction of sp³-hybridized carbons (Fsp3) is 0.800. The van der Waals surface area contributed by atoms with Crippen molar-refractivity contribution in [3.8, 4) is 0 Å². The van der Waals surface area contributed by atoms with Gasteiger partial charge in [0.25, 0.3) is 0 Å². The molecule has 114 valence electrons. The van der Waals surface area contributed by atoms with Crippen LogP contribution in [0.2, 0.25) is 0 Å². The Labute approximate surface area is 125 Å². The van der Waals surface area contributed by atoms with E-state index in [2.05, 4.69) is 11.9 Å². The van der Waals surface area contributed by atoms with E-state index in [4.69, 9.17) is 10.5 Å². The first kappa shape index (κ1) is 15.9. The number of hydrogen-bond donors (Lipinski definition) is 2. The van der Waals surface area contributed by atoms with Crippen molar-refractivity contribution in [2.45, 2.75) is 38.3 Å². The molecule has 1 aliphatic carbocycles. The monoisotopic (exact) mass is 298 g/mol. The number of amides is 1. The molecule has 0 aromatic heterocycles. The molecule has 20 heavy (non-hydrogen) atoms. The summed E-state index contributed by atoms with van der Waals surface area (Å²) in [6.45, 7) is 9.22. The van der Waals surface area contributed by atoms with Crippen molar-refractivity contribution < 1.29 is 9.53 Å². The zero-order valence-electron chi connectivity index (χ0n) is 12.5.